The summed E-state index contributed by atoms with van der Waals surface area (Å²) in [5.74, 6) is 0.731. The molecule has 2 rings (SSSR count). The Hall–Kier alpha value is -2.02. The van der Waals surface area contributed by atoms with Crippen molar-refractivity contribution in [3.05, 3.63) is 30.5 Å². The van der Waals surface area contributed by atoms with Crippen LogP contribution in [0.2, 0.25) is 0 Å². The Morgan fingerprint density at radius 3 is 2.67 bits per heavy atom. The fraction of sp³-hybridized carbons (Fsp3) is 0.182. The number of aromatic nitrogens is 2. The summed E-state index contributed by atoms with van der Waals surface area (Å²) in [5.41, 5.74) is 6.43. The number of nitrogen functional groups attached to an aromatic ring is 1. The number of nitrogens with zero attached hydrogens (tertiary/aromatic N) is 2. The van der Waals surface area contributed by atoms with Gasteiger partial charge in [-0.1, -0.05) is 6.07 Å². The fourth-order valence-corrected chi connectivity index (χ4v) is 2.28. The molecule has 2 aromatic rings. The molecule has 0 saturated carbocycles. The zero-order valence-corrected chi connectivity index (χ0v) is 10.8. The predicted molar refractivity (Wildman–Crippen MR) is 67.6 cm³/mol. The molecule has 96 valence electrons. The largest absolute Gasteiger partial charge is 0.497 e. The molecule has 0 aliphatic rings. The number of hydrogen-bond acceptors (Lipinski definition) is 5. The van der Waals surface area contributed by atoms with Gasteiger partial charge in [0, 0.05) is 12.3 Å². The Morgan fingerprint density at radius 1 is 1.39 bits per heavy atom. The van der Waals surface area contributed by atoms with Crippen LogP contribution >= 0.6 is 0 Å². The van der Waals surface area contributed by atoms with Crippen molar-refractivity contribution in [2.75, 3.05) is 19.1 Å². The van der Waals surface area contributed by atoms with Crippen LogP contribution in [0.15, 0.2) is 35.4 Å². The molecular formula is C11H13N3O3S. The smallest absolute Gasteiger partial charge is 0.180 e. The summed E-state index contributed by atoms with van der Waals surface area (Å²) < 4.78 is 29.4. The lowest BCUT2D eigenvalue weighted by Crippen LogP contribution is -2.05. The third kappa shape index (κ3) is 2.17. The van der Waals surface area contributed by atoms with Gasteiger partial charge in [-0.2, -0.15) is 5.10 Å². The monoisotopic (exact) mass is 267 g/mol. The molecule has 1 aromatic heterocycles. The molecule has 0 aliphatic heterocycles. The minimum absolute atomic E-state index is 0.0188. The van der Waals surface area contributed by atoms with E-state index in [0.717, 1.165) is 6.26 Å². The van der Waals surface area contributed by atoms with Crippen LogP contribution in [0.4, 0.5) is 5.82 Å². The van der Waals surface area contributed by atoms with E-state index in [4.69, 9.17) is 10.5 Å². The molecular weight excluding hydrogens is 254 g/mol. The van der Waals surface area contributed by atoms with Crippen LogP contribution in [0.1, 0.15) is 0 Å². The normalized spacial score (nSPS) is 11.4. The summed E-state index contributed by atoms with van der Waals surface area (Å²) >= 11 is 0. The van der Waals surface area contributed by atoms with Crippen molar-refractivity contribution in [1.29, 1.82) is 0 Å². The van der Waals surface area contributed by atoms with Gasteiger partial charge in [0.1, 0.15) is 16.5 Å². The number of hydrogen-bond donors (Lipinski definition) is 1. The number of sulfone groups is 1. The molecule has 1 aromatic carbocycles. The maximum atomic E-state index is 11.5. The van der Waals surface area contributed by atoms with Gasteiger partial charge in [-0.25, -0.2) is 13.1 Å². The number of ether oxygens (including phenoxy) is 1. The highest BCUT2D eigenvalue weighted by molar-refractivity contribution is 7.90. The maximum absolute atomic E-state index is 11.5. The Kier molecular flexibility index (Phi) is 3.00. The van der Waals surface area contributed by atoms with E-state index >= 15 is 0 Å². The highest BCUT2D eigenvalue weighted by Gasteiger charge is 2.17. The quantitative estimate of drug-likeness (QED) is 0.891. The van der Waals surface area contributed by atoms with Crippen molar-refractivity contribution in [1.82, 2.24) is 9.78 Å². The summed E-state index contributed by atoms with van der Waals surface area (Å²) in [5, 5.41) is 3.98. The molecule has 2 N–H and O–H groups in total. The van der Waals surface area contributed by atoms with E-state index in [1.807, 2.05) is 0 Å². The SMILES string of the molecule is COc1cccc(-n2ncc(S(C)(=O)=O)c2N)c1. The first-order chi connectivity index (χ1) is 8.43. The van der Waals surface area contributed by atoms with Gasteiger partial charge in [-0.15, -0.1) is 0 Å². The van der Waals surface area contributed by atoms with Crippen LogP contribution in [-0.2, 0) is 9.84 Å². The van der Waals surface area contributed by atoms with Gasteiger partial charge in [-0.05, 0) is 12.1 Å². The lowest BCUT2D eigenvalue weighted by atomic mass is 10.3. The molecule has 0 unspecified atom stereocenters. The predicted octanol–water partition coefficient (Wildman–Crippen LogP) is 0.867. The molecule has 0 bridgehead atoms. The van der Waals surface area contributed by atoms with E-state index in [9.17, 15) is 8.42 Å². The molecule has 0 radical (unpaired) electrons. The number of benzene rings is 1. The highest BCUT2D eigenvalue weighted by Crippen LogP contribution is 2.23. The van der Waals surface area contributed by atoms with Crippen molar-refractivity contribution in [3.63, 3.8) is 0 Å². The molecule has 1 heterocycles. The number of rotatable bonds is 3. The molecule has 0 amide bonds. The lowest BCUT2D eigenvalue weighted by molar-refractivity contribution is 0.414. The summed E-state index contributed by atoms with van der Waals surface area (Å²) in [6, 6.07) is 7.03. The zero-order valence-electron chi connectivity index (χ0n) is 9.99. The van der Waals surface area contributed by atoms with Crippen molar-refractivity contribution in [3.8, 4) is 11.4 Å². The topological polar surface area (TPSA) is 87.2 Å². The van der Waals surface area contributed by atoms with E-state index in [1.54, 1.807) is 31.4 Å². The molecule has 18 heavy (non-hydrogen) atoms. The van der Waals surface area contributed by atoms with Gasteiger partial charge >= 0.3 is 0 Å². The van der Waals surface area contributed by atoms with Crippen LogP contribution in [-0.4, -0.2) is 31.6 Å². The number of anilines is 1. The van der Waals surface area contributed by atoms with E-state index in [2.05, 4.69) is 5.10 Å². The van der Waals surface area contributed by atoms with Gasteiger partial charge < -0.3 is 10.5 Å². The van der Waals surface area contributed by atoms with Crippen LogP contribution in [0, 0.1) is 0 Å². The molecule has 0 atom stereocenters. The molecule has 0 spiro atoms. The summed E-state index contributed by atoms with van der Waals surface area (Å²) in [6.07, 6.45) is 2.33. The highest BCUT2D eigenvalue weighted by atomic mass is 32.2. The first kappa shape index (κ1) is 12.4. The molecule has 6 nitrogen and oxygen atoms in total. The Balaban J connectivity index is 2.55. The average molecular weight is 267 g/mol. The fourth-order valence-electron chi connectivity index (χ4n) is 1.58. The van der Waals surface area contributed by atoms with Crippen LogP contribution in [0.3, 0.4) is 0 Å². The standard InChI is InChI=1S/C11H13N3O3S/c1-17-9-5-3-4-8(6-9)14-11(12)10(7-13-14)18(2,15)16/h3-7H,12H2,1-2H3. The maximum Gasteiger partial charge on any atom is 0.180 e. The van der Waals surface area contributed by atoms with Crippen LogP contribution in [0.25, 0.3) is 5.69 Å². The molecule has 0 aliphatic carbocycles. The number of methoxy groups -OCH3 is 1. The van der Waals surface area contributed by atoms with Crippen molar-refractivity contribution < 1.29 is 13.2 Å². The number of nitrogens with two attached hydrogens (primary N) is 1. The summed E-state index contributed by atoms with van der Waals surface area (Å²) in [4.78, 5) is 0.0188. The van der Waals surface area contributed by atoms with E-state index < -0.39 is 9.84 Å². The van der Waals surface area contributed by atoms with Crippen molar-refractivity contribution in [2.24, 2.45) is 0 Å². The van der Waals surface area contributed by atoms with E-state index in [0.29, 0.717) is 11.4 Å². The van der Waals surface area contributed by atoms with Gasteiger partial charge in [0.25, 0.3) is 0 Å². The third-order valence-electron chi connectivity index (χ3n) is 2.47. The Bertz CT molecular complexity index is 677. The van der Waals surface area contributed by atoms with Gasteiger partial charge in [0.15, 0.2) is 9.84 Å². The lowest BCUT2D eigenvalue weighted by Gasteiger charge is -2.06. The second-order valence-electron chi connectivity index (χ2n) is 3.78. The van der Waals surface area contributed by atoms with Crippen molar-refractivity contribution >= 4 is 15.7 Å². The first-order valence-electron chi connectivity index (χ1n) is 5.11. The van der Waals surface area contributed by atoms with E-state index in [1.165, 1.54) is 10.9 Å². The molecule has 0 saturated heterocycles. The third-order valence-corrected chi connectivity index (χ3v) is 3.58. The van der Waals surface area contributed by atoms with Gasteiger partial charge in [-0.3, -0.25) is 0 Å². The summed E-state index contributed by atoms with van der Waals surface area (Å²) in [6.45, 7) is 0. The second kappa shape index (κ2) is 4.34. The van der Waals surface area contributed by atoms with Gasteiger partial charge in [0.05, 0.1) is 19.0 Å². The average Bonchev–Trinajstić information content (AvgIpc) is 2.71. The minimum atomic E-state index is -3.38. The Labute approximate surface area is 105 Å². The first-order valence-corrected chi connectivity index (χ1v) is 7.00. The molecule has 7 heteroatoms. The second-order valence-corrected chi connectivity index (χ2v) is 5.76. The van der Waals surface area contributed by atoms with Gasteiger partial charge in [0.2, 0.25) is 0 Å². The van der Waals surface area contributed by atoms with E-state index in [-0.39, 0.29) is 10.7 Å². The molecule has 0 fully saturated rings. The summed E-state index contributed by atoms with van der Waals surface area (Å²) in [7, 11) is -1.83. The van der Waals surface area contributed by atoms with Crippen LogP contribution < -0.4 is 10.5 Å². The zero-order chi connectivity index (χ0) is 13.3. The minimum Gasteiger partial charge on any atom is -0.497 e. The van der Waals surface area contributed by atoms with Crippen molar-refractivity contribution in [2.45, 2.75) is 4.90 Å². The van der Waals surface area contributed by atoms with Crippen LogP contribution in [0.5, 0.6) is 5.75 Å². The Morgan fingerprint density at radius 2 is 2.11 bits per heavy atom.